The highest BCUT2D eigenvalue weighted by molar-refractivity contribution is 7.15. The smallest absolute Gasteiger partial charge is 0.319 e. The number of nitrogens with zero attached hydrogens (tertiary/aromatic N) is 2. The van der Waals surface area contributed by atoms with Crippen LogP contribution in [0.25, 0.3) is 0 Å². The Bertz CT molecular complexity index is 568. The molecule has 0 bridgehead atoms. The number of anilines is 1. The van der Waals surface area contributed by atoms with Crippen LogP contribution in [-0.4, -0.2) is 54.7 Å². The Labute approximate surface area is 132 Å². The van der Waals surface area contributed by atoms with E-state index < -0.39 is 0 Å². The number of aromatic nitrogens is 1. The second-order valence-electron chi connectivity index (χ2n) is 5.42. The molecule has 7 nitrogen and oxygen atoms in total. The fourth-order valence-corrected chi connectivity index (χ4v) is 3.71. The average Bonchev–Trinajstić information content (AvgIpc) is 3.15. The summed E-state index contributed by atoms with van der Waals surface area (Å²) in [6, 6.07) is 0. The summed E-state index contributed by atoms with van der Waals surface area (Å²) in [5, 5.41) is 3.46. The van der Waals surface area contributed by atoms with E-state index in [9.17, 15) is 9.59 Å². The summed E-state index contributed by atoms with van der Waals surface area (Å²) in [5.74, 6) is -0.352. The van der Waals surface area contributed by atoms with Crippen LogP contribution < -0.4 is 5.32 Å². The number of nitrogens with one attached hydrogen (secondary N) is 1. The molecule has 0 aromatic carbocycles. The maximum absolute atomic E-state index is 12.0. The highest BCUT2D eigenvalue weighted by atomic mass is 32.1. The van der Waals surface area contributed by atoms with Gasteiger partial charge in [-0.25, -0.2) is 4.98 Å². The van der Waals surface area contributed by atoms with Crippen molar-refractivity contribution < 1.29 is 19.1 Å². The highest BCUT2D eigenvalue weighted by Gasteiger charge is 2.26. The summed E-state index contributed by atoms with van der Waals surface area (Å²) in [6.45, 7) is 2.36. The predicted octanol–water partition coefficient (Wildman–Crippen LogP) is 0.792. The Morgan fingerprint density at radius 1 is 1.55 bits per heavy atom. The van der Waals surface area contributed by atoms with Gasteiger partial charge in [0.15, 0.2) is 5.13 Å². The Morgan fingerprint density at radius 2 is 2.41 bits per heavy atom. The minimum atomic E-state index is -0.350. The Balaban J connectivity index is 1.60. The van der Waals surface area contributed by atoms with Gasteiger partial charge >= 0.3 is 5.97 Å². The third-order valence-electron chi connectivity index (χ3n) is 3.84. The summed E-state index contributed by atoms with van der Waals surface area (Å²) in [5.41, 5.74) is 1.01. The van der Waals surface area contributed by atoms with Crippen LogP contribution in [0.4, 0.5) is 5.13 Å². The van der Waals surface area contributed by atoms with Crippen molar-refractivity contribution in [3.8, 4) is 0 Å². The molecule has 1 amide bonds. The van der Waals surface area contributed by atoms with Crippen molar-refractivity contribution in [3.05, 3.63) is 10.6 Å². The molecule has 3 rings (SSSR count). The number of amides is 1. The number of thiazole rings is 1. The van der Waals surface area contributed by atoms with Gasteiger partial charge < -0.3 is 9.47 Å². The number of carbonyl (C=O) groups excluding carboxylic acids is 2. The lowest BCUT2D eigenvalue weighted by Crippen LogP contribution is -2.34. The summed E-state index contributed by atoms with van der Waals surface area (Å²) in [4.78, 5) is 31.0. The zero-order valence-corrected chi connectivity index (χ0v) is 13.3. The van der Waals surface area contributed by atoms with Gasteiger partial charge in [0.25, 0.3) is 5.91 Å². The van der Waals surface area contributed by atoms with Crippen molar-refractivity contribution in [2.45, 2.75) is 31.9 Å². The van der Waals surface area contributed by atoms with Gasteiger partial charge in [-0.2, -0.15) is 0 Å². The molecule has 0 spiro atoms. The summed E-state index contributed by atoms with van der Waals surface area (Å²) in [6.07, 6.45) is 2.12. The van der Waals surface area contributed by atoms with Crippen molar-refractivity contribution in [1.82, 2.24) is 9.88 Å². The van der Waals surface area contributed by atoms with E-state index in [4.69, 9.17) is 9.47 Å². The zero-order valence-electron chi connectivity index (χ0n) is 12.5. The lowest BCUT2D eigenvalue weighted by atomic mass is 10.2. The molecule has 1 N–H and O–H groups in total. The maximum Gasteiger partial charge on any atom is 0.319 e. The third-order valence-corrected chi connectivity index (χ3v) is 4.84. The van der Waals surface area contributed by atoms with Crippen LogP contribution in [0.2, 0.25) is 0 Å². The molecule has 1 aromatic heterocycles. The van der Waals surface area contributed by atoms with Crippen LogP contribution in [0, 0.1) is 0 Å². The number of fused-ring (bicyclic) bond motifs is 1. The third kappa shape index (κ3) is 3.45. The minimum absolute atomic E-state index is 0.116. The van der Waals surface area contributed by atoms with Gasteiger partial charge in [-0.15, -0.1) is 11.3 Å². The molecule has 1 fully saturated rings. The number of ether oxygens (including phenoxy) is 2. The first-order chi connectivity index (χ1) is 10.7. The van der Waals surface area contributed by atoms with Crippen molar-refractivity contribution in [3.63, 3.8) is 0 Å². The molecule has 2 aliphatic rings. The van der Waals surface area contributed by atoms with Gasteiger partial charge in [-0.05, 0) is 12.8 Å². The topological polar surface area (TPSA) is 80.8 Å². The summed E-state index contributed by atoms with van der Waals surface area (Å²) >= 11 is 1.47. The van der Waals surface area contributed by atoms with Crippen molar-refractivity contribution in [1.29, 1.82) is 0 Å². The molecule has 8 heteroatoms. The van der Waals surface area contributed by atoms with Crippen LogP contribution in [0.3, 0.4) is 0 Å². The van der Waals surface area contributed by atoms with Gasteiger partial charge in [0, 0.05) is 31.0 Å². The first-order valence-electron chi connectivity index (χ1n) is 7.36. The number of hydrogen-bond acceptors (Lipinski definition) is 7. The van der Waals surface area contributed by atoms with E-state index >= 15 is 0 Å². The summed E-state index contributed by atoms with van der Waals surface area (Å²) < 4.78 is 10.1. The van der Waals surface area contributed by atoms with Gasteiger partial charge in [0.2, 0.25) is 0 Å². The van der Waals surface area contributed by atoms with Crippen molar-refractivity contribution in [2.24, 2.45) is 0 Å². The Morgan fingerprint density at radius 3 is 3.14 bits per heavy atom. The average molecular weight is 325 g/mol. The Kier molecular flexibility index (Phi) is 4.70. The van der Waals surface area contributed by atoms with Crippen LogP contribution in [-0.2, 0) is 32.0 Å². The molecular weight excluding hydrogens is 306 g/mol. The quantitative estimate of drug-likeness (QED) is 0.825. The van der Waals surface area contributed by atoms with Crippen LogP contribution >= 0.6 is 11.3 Å². The van der Waals surface area contributed by atoms with Crippen LogP contribution in [0.1, 0.15) is 23.4 Å². The van der Waals surface area contributed by atoms with E-state index in [1.807, 2.05) is 4.90 Å². The summed E-state index contributed by atoms with van der Waals surface area (Å²) in [7, 11) is 1.39. The lowest BCUT2D eigenvalue weighted by molar-refractivity contribution is -0.142. The van der Waals surface area contributed by atoms with E-state index in [1.165, 1.54) is 18.4 Å². The second-order valence-corrected chi connectivity index (χ2v) is 6.50. The zero-order chi connectivity index (χ0) is 15.5. The van der Waals surface area contributed by atoms with Crippen molar-refractivity contribution in [2.75, 3.05) is 32.1 Å². The molecular formula is C14H19N3O4S. The SMILES string of the molecule is COC(=O)CN1CCc2nc(NC(=O)C3CCCO3)sc2C1. The molecule has 1 saturated heterocycles. The van der Waals surface area contributed by atoms with Crippen LogP contribution in [0.5, 0.6) is 0 Å². The largest absolute Gasteiger partial charge is 0.468 e. The number of esters is 1. The van der Waals surface area contributed by atoms with E-state index in [0.29, 0.717) is 18.3 Å². The first kappa shape index (κ1) is 15.4. The molecule has 0 aliphatic carbocycles. The molecule has 1 unspecified atom stereocenters. The molecule has 1 atom stereocenters. The monoisotopic (exact) mass is 325 g/mol. The molecule has 1 aromatic rings. The van der Waals surface area contributed by atoms with E-state index in [2.05, 4.69) is 10.3 Å². The molecule has 2 aliphatic heterocycles. The van der Waals surface area contributed by atoms with Gasteiger partial charge in [-0.1, -0.05) is 0 Å². The van der Waals surface area contributed by atoms with Gasteiger partial charge in [0.05, 0.1) is 19.3 Å². The fraction of sp³-hybridized carbons (Fsp3) is 0.643. The molecule has 120 valence electrons. The number of carbonyl (C=O) groups is 2. The van der Waals surface area contributed by atoms with E-state index in [-0.39, 0.29) is 24.5 Å². The Hall–Kier alpha value is -1.51. The second kappa shape index (κ2) is 6.72. The standard InChI is InChI=1S/C14H19N3O4S/c1-20-12(18)8-17-5-4-9-11(7-17)22-14(15-9)16-13(19)10-3-2-6-21-10/h10H,2-8H2,1H3,(H,15,16,19). The molecule has 0 saturated carbocycles. The highest BCUT2D eigenvalue weighted by Crippen LogP contribution is 2.28. The lowest BCUT2D eigenvalue weighted by Gasteiger charge is -2.24. The van der Waals surface area contributed by atoms with Gasteiger partial charge in [-0.3, -0.25) is 19.8 Å². The normalized spacial score (nSPS) is 21.4. The predicted molar refractivity (Wildman–Crippen MR) is 80.7 cm³/mol. The maximum atomic E-state index is 12.0. The van der Waals surface area contributed by atoms with E-state index in [1.54, 1.807) is 0 Å². The van der Waals surface area contributed by atoms with Crippen LogP contribution in [0.15, 0.2) is 0 Å². The van der Waals surface area contributed by atoms with E-state index in [0.717, 1.165) is 36.4 Å². The number of methoxy groups -OCH3 is 1. The molecule has 3 heterocycles. The van der Waals surface area contributed by atoms with Crippen molar-refractivity contribution >= 4 is 28.3 Å². The molecule has 22 heavy (non-hydrogen) atoms. The first-order valence-corrected chi connectivity index (χ1v) is 8.17. The number of rotatable bonds is 4. The van der Waals surface area contributed by atoms with Gasteiger partial charge in [0.1, 0.15) is 6.10 Å². The molecule has 0 radical (unpaired) electrons. The minimum Gasteiger partial charge on any atom is -0.468 e. The number of hydrogen-bond donors (Lipinski definition) is 1. The fourth-order valence-electron chi connectivity index (χ4n) is 2.65.